The minimum atomic E-state index is -1.04. The fraction of sp³-hybridized carbons (Fsp3) is 0.0625. The Hall–Kier alpha value is -3.15. The number of pyridine rings is 2. The van der Waals surface area contributed by atoms with Crippen LogP contribution in [0.25, 0.3) is 10.9 Å². The third-order valence-electron chi connectivity index (χ3n) is 3.38. The lowest BCUT2D eigenvalue weighted by Gasteiger charge is -2.10. The number of nitrogens with zero attached hydrogens (tertiary/aromatic N) is 1. The molecular formula is C16H13N3O3. The first-order valence-electron chi connectivity index (χ1n) is 6.62. The number of nitrogens with one attached hydrogen (secondary N) is 2. The van der Waals surface area contributed by atoms with Crippen LogP contribution in [0.4, 0.5) is 11.4 Å². The van der Waals surface area contributed by atoms with E-state index in [-0.39, 0.29) is 11.1 Å². The maximum atomic E-state index is 11.5. The fourth-order valence-electron chi connectivity index (χ4n) is 2.33. The lowest BCUT2D eigenvalue weighted by Crippen LogP contribution is -2.05. The zero-order chi connectivity index (χ0) is 15.7. The maximum absolute atomic E-state index is 11.5. The number of aromatic carboxylic acids is 1. The quantitative estimate of drug-likeness (QED) is 0.690. The highest BCUT2D eigenvalue weighted by Gasteiger charge is 2.10. The summed E-state index contributed by atoms with van der Waals surface area (Å²) in [5, 5.41) is 13.1. The van der Waals surface area contributed by atoms with E-state index in [1.165, 1.54) is 18.5 Å². The van der Waals surface area contributed by atoms with Gasteiger partial charge in [0.2, 0.25) is 5.56 Å². The molecule has 6 nitrogen and oxygen atoms in total. The van der Waals surface area contributed by atoms with E-state index in [0.717, 1.165) is 22.2 Å². The Morgan fingerprint density at radius 1 is 1.27 bits per heavy atom. The summed E-state index contributed by atoms with van der Waals surface area (Å²) < 4.78 is 0. The van der Waals surface area contributed by atoms with E-state index in [1.54, 1.807) is 18.2 Å². The van der Waals surface area contributed by atoms with E-state index in [0.29, 0.717) is 5.69 Å². The van der Waals surface area contributed by atoms with E-state index in [4.69, 9.17) is 0 Å². The first-order chi connectivity index (χ1) is 10.5. The number of hydrogen-bond donors (Lipinski definition) is 3. The van der Waals surface area contributed by atoms with Crippen LogP contribution in [0.1, 0.15) is 15.9 Å². The average molecular weight is 295 g/mol. The molecule has 0 aliphatic heterocycles. The lowest BCUT2D eigenvalue weighted by molar-refractivity contribution is 0.0697. The number of carboxylic acid groups (broad SMARTS) is 1. The summed E-state index contributed by atoms with van der Waals surface area (Å²) in [6.07, 6.45) is 2.83. The van der Waals surface area contributed by atoms with Crippen LogP contribution < -0.4 is 10.9 Å². The van der Waals surface area contributed by atoms with Crippen molar-refractivity contribution in [3.8, 4) is 0 Å². The van der Waals surface area contributed by atoms with Crippen LogP contribution >= 0.6 is 0 Å². The molecule has 0 aliphatic rings. The Morgan fingerprint density at radius 3 is 2.86 bits per heavy atom. The van der Waals surface area contributed by atoms with Crippen LogP contribution in [-0.2, 0) is 0 Å². The number of aromatic amines is 1. The summed E-state index contributed by atoms with van der Waals surface area (Å²) in [6, 6.07) is 8.57. The minimum Gasteiger partial charge on any atom is -0.478 e. The number of benzene rings is 1. The van der Waals surface area contributed by atoms with Gasteiger partial charge in [-0.1, -0.05) is 0 Å². The minimum absolute atomic E-state index is 0.0980. The predicted octanol–water partition coefficient (Wildman–Crippen LogP) is 2.67. The van der Waals surface area contributed by atoms with E-state index >= 15 is 0 Å². The lowest BCUT2D eigenvalue weighted by atomic mass is 10.1. The molecule has 2 heterocycles. The van der Waals surface area contributed by atoms with Gasteiger partial charge in [0.25, 0.3) is 0 Å². The number of anilines is 2. The standard InChI is InChI=1S/C16H13N3O3/c1-9-6-15(20)19-13-3-2-10(7-11(9)13)18-14-4-5-17-8-12(14)16(21)22/h2-8H,1H3,(H,17,18)(H,19,20)(H,21,22). The molecule has 0 amide bonds. The summed E-state index contributed by atoms with van der Waals surface area (Å²) in [4.78, 5) is 29.2. The summed E-state index contributed by atoms with van der Waals surface area (Å²) >= 11 is 0. The van der Waals surface area contributed by atoms with Gasteiger partial charge in [-0.25, -0.2) is 4.79 Å². The van der Waals surface area contributed by atoms with Crippen molar-refractivity contribution >= 4 is 28.2 Å². The van der Waals surface area contributed by atoms with Crippen molar-refractivity contribution in [3.05, 3.63) is 64.2 Å². The molecule has 0 saturated carbocycles. The SMILES string of the molecule is Cc1cc(=O)[nH]c2ccc(Nc3ccncc3C(=O)O)cc12. The third kappa shape index (κ3) is 2.54. The molecule has 1 aromatic carbocycles. The van der Waals surface area contributed by atoms with Crippen molar-refractivity contribution in [2.75, 3.05) is 5.32 Å². The fourth-order valence-corrected chi connectivity index (χ4v) is 2.33. The van der Waals surface area contributed by atoms with Gasteiger partial charge in [0.05, 0.1) is 5.69 Å². The molecule has 0 spiro atoms. The second kappa shape index (κ2) is 5.33. The van der Waals surface area contributed by atoms with Gasteiger partial charge in [-0.05, 0) is 36.8 Å². The van der Waals surface area contributed by atoms with Crippen molar-refractivity contribution in [2.45, 2.75) is 6.92 Å². The van der Waals surface area contributed by atoms with Crippen LogP contribution in [0.3, 0.4) is 0 Å². The van der Waals surface area contributed by atoms with Crippen molar-refractivity contribution in [1.82, 2.24) is 9.97 Å². The molecule has 3 rings (SSSR count). The van der Waals surface area contributed by atoms with Crippen molar-refractivity contribution in [3.63, 3.8) is 0 Å². The van der Waals surface area contributed by atoms with Crippen LogP contribution in [0.5, 0.6) is 0 Å². The summed E-state index contributed by atoms with van der Waals surface area (Å²) in [6.45, 7) is 1.86. The number of hydrogen-bond acceptors (Lipinski definition) is 4. The van der Waals surface area contributed by atoms with Crippen molar-refractivity contribution in [2.24, 2.45) is 0 Å². The Kier molecular flexibility index (Phi) is 3.34. The summed E-state index contributed by atoms with van der Waals surface area (Å²) in [7, 11) is 0. The number of H-pyrrole nitrogens is 1. The molecule has 2 aromatic heterocycles. The monoisotopic (exact) mass is 295 g/mol. The molecule has 3 aromatic rings. The first kappa shape index (κ1) is 13.8. The molecule has 0 atom stereocenters. The maximum Gasteiger partial charge on any atom is 0.339 e. The molecule has 0 saturated heterocycles. The second-order valence-electron chi connectivity index (χ2n) is 4.93. The molecule has 22 heavy (non-hydrogen) atoms. The predicted molar refractivity (Wildman–Crippen MR) is 83.8 cm³/mol. The highest BCUT2D eigenvalue weighted by molar-refractivity contribution is 5.95. The van der Waals surface area contributed by atoms with Gasteiger partial charge in [-0.2, -0.15) is 0 Å². The zero-order valence-electron chi connectivity index (χ0n) is 11.8. The molecule has 0 aliphatic carbocycles. The molecule has 0 unspecified atom stereocenters. The van der Waals surface area contributed by atoms with E-state index in [1.807, 2.05) is 13.0 Å². The number of aryl methyl sites for hydroxylation is 1. The number of carbonyl (C=O) groups is 1. The highest BCUT2D eigenvalue weighted by atomic mass is 16.4. The molecule has 6 heteroatoms. The number of carboxylic acids is 1. The Balaban J connectivity index is 2.05. The average Bonchev–Trinajstić information content (AvgIpc) is 2.48. The van der Waals surface area contributed by atoms with Gasteiger partial charge < -0.3 is 15.4 Å². The Morgan fingerprint density at radius 2 is 2.09 bits per heavy atom. The van der Waals surface area contributed by atoms with E-state index in [2.05, 4.69) is 15.3 Å². The molecule has 3 N–H and O–H groups in total. The Labute approximate surface area is 125 Å². The molecule has 0 bridgehead atoms. The van der Waals surface area contributed by atoms with Gasteiger partial charge in [0.1, 0.15) is 5.56 Å². The van der Waals surface area contributed by atoms with Crippen LogP contribution in [0, 0.1) is 6.92 Å². The van der Waals surface area contributed by atoms with E-state index < -0.39 is 5.97 Å². The summed E-state index contributed by atoms with van der Waals surface area (Å²) in [5.41, 5.74) is 2.74. The van der Waals surface area contributed by atoms with Crippen LogP contribution in [0.15, 0.2) is 47.5 Å². The molecular weight excluding hydrogens is 282 g/mol. The van der Waals surface area contributed by atoms with E-state index in [9.17, 15) is 14.7 Å². The molecule has 110 valence electrons. The second-order valence-corrected chi connectivity index (χ2v) is 4.93. The van der Waals surface area contributed by atoms with Crippen molar-refractivity contribution < 1.29 is 9.90 Å². The third-order valence-corrected chi connectivity index (χ3v) is 3.38. The molecule has 0 radical (unpaired) electrons. The van der Waals surface area contributed by atoms with Gasteiger partial charge in [0.15, 0.2) is 0 Å². The van der Waals surface area contributed by atoms with Crippen LogP contribution in [-0.4, -0.2) is 21.0 Å². The van der Waals surface area contributed by atoms with Gasteiger partial charge in [-0.15, -0.1) is 0 Å². The smallest absolute Gasteiger partial charge is 0.339 e. The van der Waals surface area contributed by atoms with Gasteiger partial charge >= 0.3 is 5.97 Å². The normalized spacial score (nSPS) is 10.6. The highest BCUT2D eigenvalue weighted by Crippen LogP contribution is 2.24. The number of fused-ring (bicyclic) bond motifs is 1. The number of aromatic nitrogens is 2. The summed E-state index contributed by atoms with van der Waals surface area (Å²) in [5.74, 6) is -1.04. The first-order valence-corrected chi connectivity index (χ1v) is 6.62. The van der Waals surface area contributed by atoms with Gasteiger partial charge in [-0.3, -0.25) is 9.78 Å². The Bertz CT molecular complexity index is 931. The van der Waals surface area contributed by atoms with Crippen molar-refractivity contribution in [1.29, 1.82) is 0 Å². The van der Waals surface area contributed by atoms with Crippen LogP contribution in [0.2, 0.25) is 0 Å². The van der Waals surface area contributed by atoms with Gasteiger partial charge in [0, 0.05) is 35.1 Å². The number of rotatable bonds is 3. The topological polar surface area (TPSA) is 95.1 Å². The zero-order valence-corrected chi connectivity index (χ0v) is 11.8. The molecule has 0 fully saturated rings. The largest absolute Gasteiger partial charge is 0.478 e.